The monoisotopic (exact) mass is 251 g/mol. The van der Waals surface area contributed by atoms with E-state index in [1.807, 2.05) is 0 Å². The summed E-state index contributed by atoms with van der Waals surface area (Å²) in [6.07, 6.45) is 4.90. The maximum Gasteiger partial charge on any atom is 0.123 e. The number of anilines is 1. The topological polar surface area (TPSA) is 23.5 Å². The molecular formula is C15H22FNO. The lowest BCUT2D eigenvalue weighted by atomic mass is 9.98. The molecule has 3 heteroatoms. The molecule has 2 nitrogen and oxygen atoms in total. The number of hydrogen-bond acceptors (Lipinski definition) is 2. The lowest BCUT2D eigenvalue weighted by molar-refractivity contribution is 0.281. The summed E-state index contributed by atoms with van der Waals surface area (Å²) in [5.74, 6) is 0.539. The Morgan fingerprint density at radius 3 is 2.89 bits per heavy atom. The number of nitrogens with zero attached hydrogens (tertiary/aromatic N) is 1. The molecule has 1 aromatic rings. The van der Waals surface area contributed by atoms with Crippen LogP contribution in [0.5, 0.6) is 0 Å². The normalized spacial score (nSPS) is 20.8. The molecule has 2 rings (SSSR count). The van der Waals surface area contributed by atoms with E-state index in [2.05, 4.69) is 11.8 Å². The van der Waals surface area contributed by atoms with Gasteiger partial charge < -0.3 is 10.0 Å². The highest BCUT2D eigenvalue weighted by Gasteiger charge is 2.18. The molecule has 1 aliphatic rings. The molecule has 0 aliphatic carbocycles. The zero-order valence-corrected chi connectivity index (χ0v) is 11.0. The average molecular weight is 251 g/mol. The Balaban J connectivity index is 2.15. The van der Waals surface area contributed by atoms with Gasteiger partial charge in [0.2, 0.25) is 0 Å². The first-order chi connectivity index (χ1) is 8.74. The van der Waals surface area contributed by atoms with E-state index in [0.29, 0.717) is 5.56 Å². The Labute approximate surface area is 108 Å². The minimum atomic E-state index is -0.274. The first kappa shape index (κ1) is 13.3. The minimum Gasteiger partial charge on any atom is -0.392 e. The van der Waals surface area contributed by atoms with Crippen molar-refractivity contribution in [3.05, 3.63) is 29.6 Å². The third-order valence-electron chi connectivity index (χ3n) is 3.98. The largest absolute Gasteiger partial charge is 0.392 e. The van der Waals surface area contributed by atoms with Crippen LogP contribution in [0.2, 0.25) is 0 Å². The second kappa shape index (κ2) is 6.19. The molecule has 1 heterocycles. The fourth-order valence-electron chi connectivity index (χ4n) is 2.80. The van der Waals surface area contributed by atoms with Crippen molar-refractivity contribution >= 4 is 5.69 Å². The highest BCUT2D eigenvalue weighted by Crippen LogP contribution is 2.27. The standard InChI is InChI=1S/C15H22FNO/c1-2-12-4-3-8-17(9-7-12)15-6-5-14(16)10-13(15)11-18/h5-6,10,12,18H,2-4,7-9,11H2,1H3. The fourth-order valence-corrected chi connectivity index (χ4v) is 2.80. The SMILES string of the molecule is CCC1CCCN(c2ccc(F)cc2CO)CC1. The van der Waals surface area contributed by atoms with Gasteiger partial charge in [-0.2, -0.15) is 0 Å². The van der Waals surface area contributed by atoms with Crippen molar-refractivity contribution in [2.24, 2.45) is 5.92 Å². The van der Waals surface area contributed by atoms with E-state index >= 15 is 0 Å². The molecule has 1 unspecified atom stereocenters. The molecule has 0 radical (unpaired) electrons. The summed E-state index contributed by atoms with van der Waals surface area (Å²) in [6, 6.07) is 4.72. The first-order valence-corrected chi connectivity index (χ1v) is 6.88. The molecule has 0 bridgehead atoms. The second-order valence-electron chi connectivity index (χ2n) is 5.12. The second-order valence-corrected chi connectivity index (χ2v) is 5.12. The van der Waals surface area contributed by atoms with E-state index in [0.717, 1.165) is 24.7 Å². The quantitative estimate of drug-likeness (QED) is 0.890. The predicted octanol–water partition coefficient (Wildman–Crippen LogP) is 3.33. The molecule has 18 heavy (non-hydrogen) atoms. The van der Waals surface area contributed by atoms with E-state index < -0.39 is 0 Å². The van der Waals surface area contributed by atoms with Crippen molar-refractivity contribution in [3.8, 4) is 0 Å². The lowest BCUT2D eigenvalue weighted by Gasteiger charge is -2.25. The average Bonchev–Trinajstić information content (AvgIpc) is 2.63. The van der Waals surface area contributed by atoms with Gasteiger partial charge in [0, 0.05) is 24.3 Å². The molecule has 1 fully saturated rings. The lowest BCUT2D eigenvalue weighted by Crippen LogP contribution is -2.25. The van der Waals surface area contributed by atoms with Crippen LogP contribution in [0, 0.1) is 11.7 Å². The Hall–Kier alpha value is -1.09. The minimum absolute atomic E-state index is 0.0964. The van der Waals surface area contributed by atoms with Crippen LogP contribution >= 0.6 is 0 Å². The Kier molecular flexibility index (Phi) is 4.59. The van der Waals surface area contributed by atoms with Crippen LogP contribution in [0.15, 0.2) is 18.2 Å². The van der Waals surface area contributed by atoms with E-state index in [1.165, 1.54) is 37.8 Å². The van der Waals surface area contributed by atoms with Crippen molar-refractivity contribution in [2.75, 3.05) is 18.0 Å². The molecule has 1 N–H and O–H groups in total. The number of aliphatic hydroxyl groups excluding tert-OH is 1. The summed E-state index contributed by atoms with van der Waals surface area (Å²) in [4.78, 5) is 2.29. The third kappa shape index (κ3) is 3.02. The van der Waals surface area contributed by atoms with Crippen molar-refractivity contribution in [3.63, 3.8) is 0 Å². The van der Waals surface area contributed by atoms with Gasteiger partial charge in [-0.15, -0.1) is 0 Å². The van der Waals surface area contributed by atoms with Crippen LogP contribution in [-0.2, 0) is 6.61 Å². The van der Waals surface area contributed by atoms with Gasteiger partial charge in [0.15, 0.2) is 0 Å². The zero-order chi connectivity index (χ0) is 13.0. The number of aliphatic hydroxyl groups is 1. The van der Waals surface area contributed by atoms with Gasteiger partial charge in [0.05, 0.1) is 6.61 Å². The summed E-state index contributed by atoms with van der Waals surface area (Å²) in [5.41, 5.74) is 1.70. The van der Waals surface area contributed by atoms with Crippen LogP contribution in [0.4, 0.5) is 10.1 Å². The maximum absolute atomic E-state index is 13.2. The van der Waals surface area contributed by atoms with Gasteiger partial charge >= 0.3 is 0 Å². The Bertz CT molecular complexity index is 394. The number of hydrogen-bond donors (Lipinski definition) is 1. The number of halogens is 1. The number of rotatable bonds is 3. The van der Waals surface area contributed by atoms with Crippen molar-refractivity contribution in [1.29, 1.82) is 0 Å². The number of benzene rings is 1. The van der Waals surface area contributed by atoms with Crippen LogP contribution in [0.1, 0.15) is 38.2 Å². The van der Waals surface area contributed by atoms with Crippen LogP contribution in [0.3, 0.4) is 0 Å². The van der Waals surface area contributed by atoms with Crippen molar-refractivity contribution in [2.45, 2.75) is 39.2 Å². The molecule has 0 amide bonds. The highest BCUT2D eigenvalue weighted by atomic mass is 19.1. The first-order valence-electron chi connectivity index (χ1n) is 6.88. The molecule has 1 saturated heterocycles. The Morgan fingerprint density at radius 2 is 2.17 bits per heavy atom. The van der Waals surface area contributed by atoms with E-state index in [4.69, 9.17) is 0 Å². The van der Waals surface area contributed by atoms with Gasteiger partial charge in [0.1, 0.15) is 5.82 Å². The van der Waals surface area contributed by atoms with Gasteiger partial charge in [-0.25, -0.2) is 4.39 Å². The van der Waals surface area contributed by atoms with Gasteiger partial charge in [0.25, 0.3) is 0 Å². The molecule has 0 saturated carbocycles. The van der Waals surface area contributed by atoms with Gasteiger partial charge in [-0.05, 0) is 43.4 Å². The van der Waals surface area contributed by atoms with Crippen LogP contribution in [0.25, 0.3) is 0 Å². The van der Waals surface area contributed by atoms with E-state index in [9.17, 15) is 9.50 Å². The van der Waals surface area contributed by atoms with Gasteiger partial charge in [-0.3, -0.25) is 0 Å². The molecule has 100 valence electrons. The van der Waals surface area contributed by atoms with E-state index in [1.54, 1.807) is 6.07 Å². The fraction of sp³-hybridized carbons (Fsp3) is 0.600. The molecule has 0 aromatic heterocycles. The van der Waals surface area contributed by atoms with Crippen molar-refractivity contribution < 1.29 is 9.50 Å². The smallest absolute Gasteiger partial charge is 0.123 e. The molecule has 0 spiro atoms. The highest BCUT2D eigenvalue weighted by molar-refractivity contribution is 5.53. The maximum atomic E-state index is 13.2. The molecule has 1 aliphatic heterocycles. The predicted molar refractivity (Wildman–Crippen MR) is 72.2 cm³/mol. The summed E-state index contributed by atoms with van der Waals surface area (Å²) in [5, 5.41) is 9.35. The molecule has 1 atom stereocenters. The Morgan fingerprint density at radius 1 is 1.33 bits per heavy atom. The van der Waals surface area contributed by atoms with Crippen LogP contribution < -0.4 is 4.90 Å². The summed E-state index contributed by atoms with van der Waals surface area (Å²) >= 11 is 0. The third-order valence-corrected chi connectivity index (χ3v) is 3.98. The summed E-state index contributed by atoms with van der Waals surface area (Å²) in [6.45, 7) is 4.17. The summed E-state index contributed by atoms with van der Waals surface area (Å²) < 4.78 is 13.2. The molecular weight excluding hydrogens is 229 g/mol. The molecule has 1 aromatic carbocycles. The zero-order valence-electron chi connectivity index (χ0n) is 11.0. The summed E-state index contributed by atoms with van der Waals surface area (Å²) in [7, 11) is 0. The van der Waals surface area contributed by atoms with Gasteiger partial charge in [-0.1, -0.05) is 13.3 Å². The van der Waals surface area contributed by atoms with E-state index in [-0.39, 0.29) is 12.4 Å². The van der Waals surface area contributed by atoms with Crippen LogP contribution in [-0.4, -0.2) is 18.2 Å². The van der Waals surface area contributed by atoms with Crippen molar-refractivity contribution in [1.82, 2.24) is 0 Å².